The Labute approximate surface area is 169 Å². The third kappa shape index (κ3) is 4.54. The maximum absolute atomic E-state index is 11.7. The number of hydrogen-bond acceptors (Lipinski definition) is 4. The molecule has 144 valence electrons. The minimum absolute atomic E-state index is 0.0508. The van der Waals surface area contributed by atoms with Gasteiger partial charge in [0.15, 0.2) is 6.61 Å². The number of nitrogens with zero attached hydrogens (tertiary/aromatic N) is 1. The van der Waals surface area contributed by atoms with E-state index in [9.17, 15) is 4.79 Å². The number of benzene rings is 2. The minimum atomic E-state index is -0.0636. The molecule has 6 heteroatoms. The van der Waals surface area contributed by atoms with Crippen LogP contribution in [0.4, 0.5) is 5.69 Å². The standard InChI is InChI=1S/C22H22ClN3O2/c1-14(25-20-10-11-24-21-12-16(23)4-9-19(20)21)15-2-7-18(8-3-15)28-13-22(27)26-17-5-6-17/h2-4,7-12,14,17H,5-6,13H2,1H3,(H,24,25)(H,26,27). The maximum Gasteiger partial charge on any atom is 0.258 e. The number of pyridine rings is 1. The van der Waals surface area contributed by atoms with E-state index in [-0.39, 0.29) is 18.6 Å². The molecule has 1 heterocycles. The summed E-state index contributed by atoms with van der Waals surface area (Å²) in [6, 6.07) is 15.9. The molecule has 3 aromatic rings. The SMILES string of the molecule is CC(Nc1ccnc2cc(Cl)ccc12)c1ccc(OCC(=O)NC2CC2)cc1. The molecule has 1 fully saturated rings. The zero-order chi connectivity index (χ0) is 19.5. The lowest BCUT2D eigenvalue weighted by atomic mass is 10.1. The highest BCUT2D eigenvalue weighted by atomic mass is 35.5. The number of nitrogens with one attached hydrogen (secondary N) is 2. The molecule has 1 aliphatic rings. The molecule has 0 saturated heterocycles. The van der Waals surface area contributed by atoms with Gasteiger partial charge in [-0.2, -0.15) is 0 Å². The summed E-state index contributed by atoms with van der Waals surface area (Å²) >= 11 is 6.06. The van der Waals surface area contributed by atoms with E-state index in [1.54, 1.807) is 6.20 Å². The van der Waals surface area contributed by atoms with E-state index in [1.165, 1.54) is 0 Å². The second-order valence-electron chi connectivity index (χ2n) is 7.09. The van der Waals surface area contributed by atoms with Crippen LogP contribution < -0.4 is 15.4 Å². The average molecular weight is 396 g/mol. The summed E-state index contributed by atoms with van der Waals surface area (Å²) < 4.78 is 5.57. The largest absolute Gasteiger partial charge is 0.484 e. The highest BCUT2D eigenvalue weighted by Crippen LogP contribution is 2.28. The Kier molecular flexibility index (Phi) is 5.35. The fourth-order valence-electron chi connectivity index (χ4n) is 3.06. The van der Waals surface area contributed by atoms with E-state index >= 15 is 0 Å². The lowest BCUT2D eigenvalue weighted by molar-refractivity contribution is -0.123. The fourth-order valence-corrected chi connectivity index (χ4v) is 3.23. The van der Waals surface area contributed by atoms with Crippen LogP contribution in [0, 0.1) is 0 Å². The van der Waals surface area contributed by atoms with Gasteiger partial charge in [0.05, 0.1) is 5.52 Å². The number of anilines is 1. The van der Waals surface area contributed by atoms with Crippen LogP contribution in [0.5, 0.6) is 5.75 Å². The van der Waals surface area contributed by atoms with Gasteiger partial charge in [0.25, 0.3) is 5.91 Å². The van der Waals surface area contributed by atoms with Crippen molar-refractivity contribution in [3.63, 3.8) is 0 Å². The van der Waals surface area contributed by atoms with Gasteiger partial charge in [-0.05, 0) is 61.7 Å². The van der Waals surface area contributed by atoms with Gasteiger partial charge in [0, 0.05) is 34.4 Å². The Balaban J connectivity index is 1.39. The zero-order valence-electron chi connectivity index (χ0n) is 15.6. The molecule has 0 aliphatic heterocycles. The summed E-state index contributed by atoms with van der Waals surface area (Å²) in [5.74, 6) is 0.622. The quantitative estimate of drug-likeness (QED) is 0.607. The van der Waals surface area contributed by atoms with Crippen LogP contribution in [0.15, 0.2) is 54.7 Å². The van der Waals surface area contributed by atoms with Gasteiger partial charge in [-0.25, -0.2) is 0 Å². The molecule has 2 aromatic carbocycles. The molecular formula is C22H22ClN3O2. The number of carbonyl (C=O) groups excluding carboxylic acids is 1. The summed E-state index contributed by atoms with van der Waals surface area (Å²) in [4.78, 5) is 16.1. The summed E-state index contributed by atoms with van der Waals surface area (Å²) in [6.07, 6.45) is 3.92. The molecule has 1 unspecified atom stereocenters. The van der Waals surface area contributed by atoms with Crippen LogP contribution in [0.2, 0.25) is 5.02 Å². The second kappa shape index (κ2) is 8.07. The van der Waals surface area contributed by atoms with Crippen molar-refractivity contribution in [2.45, 2.75) is 31.8 Å². The number of ether oxygens (including phenoxy) is 1. The molecule has 1 aliphatic carbocycles. The van der Waals surface area contributed by atoms with E-state index < -0.39 is 0 Å². The fraction of sp³-hybridized carbons (Fsp3) is 0.273. The zero-order valence-corrected chi connectivity index (χ0v) is 16.4. The number of hydrogen-bond donors (Lipinski definition) is 2. The van der Waals surface area contributed by atoms with Gasteiger partial charge in [-0.15, -0.1) is 0 Å². The summed E-state index contributed by atoms with van der Waals surface area (Å²) in [7, 11) is 0. The highest BCUT2D eigenvalue weighted by molar-refractivity contribution is 6.31. The van der Waals surface area contributed by atoms with Crippen LogP contribution in [-0.2, 0) is 4.79 Å². The van der Waals surface area contributed by atoms with Crippen molar-refractivity contribution in [2.24, 2.45) is 0 Å². The van der Waals surface area contributed by atoms with Crippen LogP contribution in [0.1, 0.15) is 31.4 Å². The van der Waals surface area contributed by atoms with E-state index in [4.69, 9.17) is 16.3 Å². The minimum Gasteiger partial charge on any atom is -0.484 e. The predicted molar refractivity (Wildman–Crippen MR) is 112 cm³/mol. The first-order valence-electron chi connectivity index (χ1n) is 9.41. The molecule has 28 heavy (non-hydrogen) atoms. The lowest BCUT2D eigenvalue weighted by Crippen LogP contribution is -2.30. The Morgan fingerprint density at radius 3 is 2.75 bits per heavy atom. The molecule has 2 N–H and O–H groups in total. The number of carbonyl (C=O) groups is 1. The third-order valence-corrected chi connectivity index (χ3v) is 5.00. The van der Waals surface area contributed by atoms with Crippen molar-refractivity contribution in [1.29, 1.82) is 0 Å². The molecular weight excluding hydrogens is 374 g/mol. The van der Waals surface area contributed by atoms with Gasteiger partial charge in [-0.1, -0.05) is 23.7 Å². The number of rotatable bonds is 7. The van der Waals surface area contributed by atoms with Gasteiger partial charge in [0.2, 0.25) is 0 Å². The molecule has 1 aromatic heterocycles. The molecule has 4 rings (SSSR count). The van der Waals surface area contributed by atoms with Crippen LogP contribution >= 0.6 is 11.6 Å². The van der Waals surface area contributed by atoms with E-state index in [0.717, 1.165) is 35.0 Å². The van der Waals surface area contributed by atoms with Gasteiger partial charge >= 0.3 is 0 Å². The number of fused-ring (bicyclic) bond motifs is 1. The number of aromatic nitrogens is 1. The van der Waals surface area contributed by atoms with E-state index in [2.05, 4.69) is 22.5 Å². The van der Waals surface area contributed by atoms with Crippen molar-refractivity contribution < 1.29 is 9.53 Å². The monoisotopic (exact) mass is 395 g/mol. The van der Waals surface area contributed by atoms with Crippen LogP contribution in [-0.4, -0.2) is 23.5 Å². The molecule has 0 bridgehead atoms. The summed E-state index contributed by atoms with van der Waals surface area (Å²) in [6.45, 7) is 2.15. The van der Waals surface area contributed by atoms with Crippen molar-refractivity contribution in [1.82, 2.24) is 10.3 Å². The predicted octanol–water partition coefficient (Wildman–Crippen LogP) is 4.72. The molecule has 1 atom stereocenters. The summed E-state index contributed by atoms with van der Waals surface area (Å²) in [5, 5.41) is 8.14. The Bertz CT molecular complexity index is 987. The number of amides is 1. The van der Waals surface area contributed by atoms with Crippen LogP contribution in [0.3, 0.4) is 0 Å². The average Bonchev–Trinajstić information content (AvgIpc) is 3.50. The summed E-state index contributed by atoms with van der Waals surface area (Å²) in [5.41, 5.74) is 2.98. The van der Waals surface area contributed by atoms with E-state index in [0.29, 0.717) is 16.8 Å². The third-order valence-electron chi connectivity index (χ3n) is 4.77. The van der Waals surface area contributed by atoms with E-state index in [1.807, 2.05) is 48.5 Å². The number of halogens is 1. The normalized spacial score (nSPS) is 14.5. The second-order valence-corrected chi connectivity index (χ2v) is 7.52. The van der Waals surface area contributed by atoms with Crippen LogP contribution in [0.25, 0.3) is 10.9 Å². The lowest BCUT2D eigenvalue weighted by Gasteiger charge is -2.17. The van der Waals surface area contributed by atoms with Crippen molar-refractivity contribution in [3.8, 4) is 5.75 Å². The van der Waals surface area contributed by atoms with Gasteiger partial charge < -0.3 is 15.4 Å². The Hall–Kier alpha value is -2.79. The van der Waals surface area contributed by atoms with Crippen molar-refractivity contribution in [2.75, 3.05) is 11.9 Å². The Morgan fingerprint density at radius 1 is 1.21 bits per heavy atom. The first kappa shape index (κ1) is 18.6. The first-order valence-corrected chi connectivity index (χ1v) is 9.79. The maximum atomic E-state index is 11.7. The topological polar surface area (TPSA) is 63.3 Å². The van der Waals surface area contributed by atoms with Crippen molar-refractivity contribution in [3.05, 3.63) is 65.3 Å². The van der Waals surface area contributed by atoms with Gasteiger partial charge in [0.1, 0.15) is 5.75 Å². The molecule has 5 nitrogen and oxygen atoms in total. The Morgan fingerprint density at radius 2 is 2.00 bits per heavy atom. The van der Waals surface area contributed by atoms with Crippen molar-refractivity contribution >= 4 is 34.1 Å². The molecule has 1 amide bonds. The molecule has 1 saturated carbocycles. The first-order chi connectivity index (χ1) is 13.6. The van der Waals surface area contributed by atoms with Gasteiger partial charge in [-0.3, -0.25) is 9.78 Å². The highest BCUT2D eigenvalue weighted by Gasteiger charge is 2.23. The smallest absolute Gasteiger partial charge is 0.258 e. The molecule has 0 radical (unpaired) electrons. The molecule has 0 spiro atoms.